The van der Waals surface area contributed by atoms with Crippen LogP contribution < -0.4 is 0 Å². The normalized spacial score (nSPS) is 24.1. The van der Waals surface area contributed by atoms with Gasteiger partial charge >= 0.3 is 0 Å². The maximum Gasteiger partial charge on any atom is 0.200 e. The van der Waals surface area contributed by atoms with Gasteiger partial charge in [0.05, 0.1) is 4.91 Å². The molecule has 0 bridgehead atoms. The van der Waals surface area contributed by atoms with Crippen LogP contribution in [0.4, 0.5) is 0 Å². The third-order valence-corrected chi connectivity index (χ3v) is 5.40. The van der Waals surface area contributed by atoms with Gasteiger partial charge in [0.1, 0.15) is 6.10 Å². The number of hydrogen-bond donors (Lipinski definition) is 1. The van der Waals surface area contributed by atoms with Crippen LogP contribution in [0.15, 0.2) is 34.1 Å². The molecule has 0 spiro atoms. The molecule has 1 aliphatic heterocycles. The van der Waals surface area contributed by atoms with Crippen LogP contribution in [0.25, 0.3) is 0 Å². The fourth-order valence-electron chi connectivity index (χ4n) is 2.02. The first kappa shape index (κ1) is 10.4. The molecule has 2 aliphatic rings. The fraction of sp³-hybridized carbons (Fsp3) is 0.250. The number of carbonyl (C=O) groups excluding carboxylic acids is 1. The van der Waals surface area contributed by atoms with Crippen LogP contribution in [0.2, 0.25) is 0 Å². The van der Waals surface area contributed by atoms with Crippen LogP contribution in [0.1, 0.15) is 22.0 Å². The molecule has 2 nitrogen and oxygen atoms in total. The topological polar surface area (TPSA) is 37.3 Å². The van der Waals surface area contributed by atoms with E-state index in [1.54, 1.807) is 29.6 Å². The summed E-state index contributed by atoms with van der Waals surface area (Å²) in [6.07, 6.45) is -0.610. The van der Waals surface area contributed by atoms with Gasteiger partial charge in [0.2, 0.25) is 5.78 Å². The fourth-order valence-corrected chi connectivity index (χ4v) is 4.47. The van der Waals surface area contributed by atoms with Gasteiger partial charge in [-0.25, -0.2) is 0 Å². The van der Waals surface area contributed by atoms with Crippen molar-refractivity contribution in [1.29, 1.82) is 0 Å². The van der Waals surface area contributed by atoms with Gasteiger partial charge in [-0.05, 0) is 5.56 Å². The monoisotopic (exact) mass is 250 g/mol. The van der Waals surface area contributed by atoms with Crippen molar-refractivity contribution in [3.05, 3.63) is 45.2 Å². The van der Waals surface area contributed by atoms with Crippen molar-refractivity contribution >= 4 is 29.3 Å². The Hall–Kier alpha value is -0.710. The van der Waals surface area contributed by atoms with Crippen LogP contribution in [-0.2, 0) is 0 Å². The number of carbonyl (C=O) groups is 1. The molecule has 0 amide bonds. The number of benzene rings is 1. The van der Waals surface area contributed by atoms with E-state index in [1.807, 2.05) is 18.2 Å². The summed E-state index contributed by atoms with van der Waals surface area (Å²) in [5.74, 6) is 1.99. The molecule has 0 radical (unpaired) electrons. The molecular formula is C12H10O2S2. The number of aliphatic hydroxyl groups excluding tert-OH is 1. The average molecular weight is 250 g/mol. The molecule has 3 rings (SSSR count). The van der Waals surface area contributed by atoms with Gasteiger partial charge in [0.25, 0.3) is 0 Å². The Kier molecular flexibility index (Phi) is 2.58. The minimum absolute atomic E-state index is 0.0769. The van der Waals surface area contributed by atoms with E-state index in [0.717, 1.165) is 26.9 Å². The number of rotatable bonds is 0. The lowest BCUT2D eigenvalue weighted by Gasteiger charge is -2.28. The van der Waals surface area contributed by atoms with Crippen LogP contribution in [0.5, 0.6) is 0 Å². The van der Waals surface area contributed by atoms with E-state index in [2.05, 4.69) is 0 Å². The Morgan fingerprint density at radius 2 is 1.94 bits per heavy atom. The molecule has 0 saturated carbocycles. The van der Waals surface area contributed by atoms with E-state index in [0.29, 0.717) is 5.56 Å². The lowest BCUT2D eigenvalue weighted by Crippen LogP contribution is -2.20. The third kappa shape index (κ3) is 1.44. The number of allylic oxidation sites excluding steroid dienone is 1. The van der Waals surface area contributed by atoms with Crippen molar-refractivity contribution < 1.29 is 9.90 Å². The molecule has 1 aromatic carbocycles. The lowest BCUT2D eigenvalue weighted by molar-refractivity contribution is 0.102. The van der Waals surface area contributed by atoms with Crippen LogP contribution in [-0.4, -0.2) is 22.4 Å². The first-order valence-electron chi connectivity index (χ1n) is 5.10. The Morgan fingerprint density at radius 1 is 1.19 bits per heavy atom. The zero-order valence-electron chi connectivity index (χ0n) is 8.47. The quantitative estimate of drug-likeness (QED) is 0.768. The minimum Gasteiger partial charge on any atom is -0.383 e. The van der Waals surface area contributed by atoms with Crippen LogP contribution in [0.3, 0.4) is 0 Å². The highest BCUT2D eigenvalue weighted by Crippen LogP contribution is 2.46. The summed E-state index contributed by atoms with van der Waals surface area (Å²) in [5.41, 5.74) is 1.41. The van der Waals surface area contributed by atoms with E-state index >= 15 is 0 Å². The molecule has 16 heavy (non-hydrogen) atoms. The molecule has 4 heteroatoms. The predicted molar refractivity (Wildman–Crippen MR) is 67.7 cm³/mol. The van der Waals surface area contributed by atoms with Crippen molar-refractivity contribution in [1.82, 2.24) is 0 Å². The first-order chi connectivity index (χ1) is 7.79. The van der Waals surface area contributed by atoms with Crippen molar-refractivity contribution in [3.8, 4) is 0 Å². The number of hydrogen-bond acceptors (Lipinski definition) is 4. The second-order valence-corrected chi connectivity index (χ2v) is 5.95. The van der Waals surface area contributed by atoms with Gasteiger partial charge in [-0.1, -0.05) is 24.3 Å². The molecule has 1 aliphatic carbocycles. The predicted octanol–water partition coefficient (Wildman–Crippen LogP) is 2.61. The standard InChI is InChI=1S/C12H10O2S2/c13-9-7-3-1-2-4-8(7)10(14)12-11(9)15-5-6-16-12/h1-4,9,13H,5-6H2. The zero-order valence-corrected chi connectivity index (χ0v) is 10.1. The zero-order chi connectivity index (χ0) is 11.1. The molecule has 1 heterocycles. The van der Waals surface area contributed by atoms with E-state index in [-0.39, 0.29) is 5.78 Å². The summed E-state index contributed by atoms with van der Waals surface area (Å²) >= 11 is 3.18. The molecule has 0 saturated heterocycles. The van der Waals surface area contributed by atoms with Crippen molar-refractivity contribution in [2.75, 3.05) is 11.5 Å². The van der Waals surface area contributed by atoms with Gasteiger partial charge in [0, 0.05) is 22.0 Å². The highest BCUT2D eigenvalue weighted by molar-refractivity contribution is 8.10. The molecule has 82 valence electrons. The molecular weight excluding hydrogens is 240 g/mol. The minimum atomic E-state index is -0.610. The highest BCUT2D eigenvalue weighted by atomic mass is 32.2. The maximum atomic E-state index is 12.2. The van der Waals surface area contributed by atoms with Crippen molar-refractivity contribution in [2.24, 2.45) is 0 Å². The van der Waals surface area contributed by atoms with Crippen LogP contribution in [0, 0.1) is 0 Å². The van der Waals surface area contributed by atoms with Gasteiger partial charge in [-0.2, -0.15) is 0 Å². The van der Waals surface area contributed by atoms with Gasteiger partial charge in [-0.15, -0.1) is 23.5 Å². The summed E-state index contributed by atoms with van der Waals surface area (Å²) in [6.45, 7) is 0. The summed E-state index contributed by atoms with van der Waals surface area (Å²) in [6, 6.07) is 7.34. The van der Waals surface area contributed by atoms with Gasteiger partial charge in [-0.3, -0.25) is 4.79 Å². The summed E-state index contributed by atoms with van der Waals surface area (Å²) < 4.78 is 0. The second-order valence-electron chi connectivity index (χ2n) is 3.71. The van der Waals surface area contributed by atoms with E-state index in [1.165, 1.54) is 0 Å². The SMILES string of the molecule is O=C1C2=C(SCCS2)C(O)c2ccccc21. The van der Waals surface area contributed by atoms with Gasteiger partial charge in [0.15, 0.2) is 0 Å². The smallest absolute Gasteiger partial charge is 0.200 e. The van der Waals surface area contributed by atoms with Crippen LogP contribution >= 0.6 is 23.5 Å². The number of aliphatic hydroxyl groups is 1. The van der Waals surface area contributed by atoms with Gasteiger partial charge < -0.3 is 5.11 Å². The lowest BCUT2D eigenvalue weighted by atomic mass is 9.93. The maximum absolute atomic E-state index is 12.2. The Morgan fingerprint density at radius 3 is 2.81 bits per heavy atom. The second kappa shape index (κ2) is 3.95. The number of thioether (sulfide) groups is 2. The van der Waals surface area contributed by atoms with Crippen molar-refractivity contribution in [2.45, 2.75) is 6.10 Å². The average Bonchev–Trinajstić information content (AvgIpc) is 2.36. The van der Waals surface area contributed by atoms with E-state index in [9.17, 15) is 9.90 Å². The first-order valence-corrected chi connectivity index (χ1v) is 7.07. The molecule has 1 unspecified atom stereocenters. The Labute approximate surface area is 102 Å². The molecule has 1 atom stereocenters. The molecule has 1 aromatic rings. The Balaban J connectivity index is 2.18. The summed E-state index contributed by atoms with van der Waals surface area (Å²) in [5, 5.41) is 10.2. The number of Topliss-reactive ketones (excluding diaryl/α,β-unsaturated/α-hetero) is 1. The largest absolute Gasteiger partial charge is 0.383 e. The highest BCUT2D eigenvalue weighted by Gasteiger charge is 2.34. The number of fused-ring (bicyclic) bond motifs is 1. The molecule has 0 fully saturated rings. The van der Waals surface area contributed by atoms with E-state index in [4.69, 9.17) is 0 Å². The third-order valence-electron chi connectivity index (χ3n) is 2.77. The van der Waals surface area contributed by atoms with Crippen molar-refractivity contribution in [3.63, 3.8) is 0 Å². The molecule has 1 N–H and O–H groups in total. The summed E-state index contributed by atoms with van der Waals surface area (Å²) in [7, 11) is 0. The molecule has 0 aromatic heterocycles. The summed E-state index contributed by atoms with van der Waals surface area (Å²) in [4.78, 5) is 13.8. The van der Waals surface area contributed by atoms with E-state index < -0.39 is 6.10 Å². The Bertz CT molecular complexity index is 494. The number of ketones is 1.